The third-order valence-corrected chi connectivity index (χ3v) is 4.08. The van der Waals surface area contributed by atoms with Crippen molar-refractivity contribution in [1.82, 2.24) is 5.32 Å². The summed E-state index contributed by atoms with van der Waals surface area (Å²) in [5.74, 6) is 0.664. The molecule has 1 fully saturated rings. The van der Waals surface area contributed by atoms with Gasteiger partial charge in [0.05, 0.1) is 25.9 Å². The number of amides is 1. The van der Waals surface area contributed by atoms with E-state index in [2.05, 4.69) is 40.4 Å². The van der Waals surface area contributed by atoms with Gasteiger partial charge in [-0.1, -0.05) is 30.3 Å². The first-order valence-corrected chi connectivity index (χ1v) is 7.70. The Hall–Kier alpha value is -1.55. The summed E-state index contributed by atoms with van der Waals surface area (Å²) in [4.78, 5) is 11.1. The summed E-state index contributed by atoms with van der Waals surface area (Å²) in [7, 11) is 1.37. The molecule has 1 unspecified atom stereocenters. The molecular formula is C17H25NO3. The molecule has 1 aromatic carbocycles. The summed E-state index contributed by atoms with van der Waals surface area (Å²) >= 11 is 0. The molecule has 0 heterocycles. The van der Waals surface area contributed by atoms with Crippen molar-refractivity contribution >= 4 is 6.09 Å². The Labute approximate surface area is 126 Å². The minimum absolute atomic E-state index is 0.0238. The van der Waals surface area contributed by atoms with Crippen molar-refractivity contribution in [2.75, 3.05) is 13.7 Å². The maximum absolute atomic E-state index is 11.1. The first-order valence-electron chi connectivity index (χ1n) is 7.70. The Morgan fingerprint density at radius 3 is 2.52 bits per heavy atom. The van der Waals surface area contributed by atoms with Gasteiger partial charge in [-0.2, -0.15) is 0 Å². The standard InChI is InChI=1S/C17H25NO3/c1-13(18-17(19)20-2)12-21-16-10-8-15(9-11-16)14-6-4-3-5-7-14/h3-7,13,15-16H,8-12H2,1-2H3,(H,18,19). The predicted octanol–water partition coefficient (Wildman–Crippen LogP) is 3.47. The normalized spacial score (nSPS) is 23.3. The number of methoxy groups -OCH3 is 1. The van der Waals surface area contributed by atoms with E-state index < -0.39 is 6.09 Å². The number of alkyl carbamates (subject to hydrolysis) is 1. The summed E-state index contributed by atoms with van der Waals surface area (Å²) < 4.78 is 10.5. The number of ether oxygens (including phenoxy) is 2. The Balaban J connectivity index is 1.68. The van der Waals surface area contributed by atoms with Gasteiger partial charge in [-0.25, -0.2) is 4.79 Å². The van der Waals surface area contributed by atoms with Gasteiger partial charge in [0.25, 0.3) is 0 Å². The molecule has 1 aliphatic carbocycles. The van der Waals surface area contributed by atoms with Crippen molar-refractivity contribution in [1.29, 1.82) is 0 Å². The largest absolute Gasteiger partial charge is 0.453 e. The SMILES string of the molecule is COC(=O)NC(C)COC1CCC(c2ccccc2)CC1. The van der Waals surface area contributed by atoms with Crippen molar-refractivity contribution in [2.24, 2.45) is 0 Å². The molecule has 116 valence electrons. The van der Waals surface area contributed by atoms with E-state index >= 15 is 0 Å². The first kappa shape index (κ1) is 15.8. The van der Waals surface area contributed by atoms with Crippen molar-refractivity contribution in [2.45, 2.75) is 50.7 Å². The van der Waals surface area contributed by atoms with Gasteiger partial charge in [0.2, 0.25) is 0 Å². The van der Waals surface area contributed by atoms with Crippen LogP contribution in [0.4, 0.5) is 4.79 Å². The highest BCUT2D eigenvalue weighted by molar-refractivity contribution is 5.67. The highest BCUT2D eigenvalue weighted by Gasteiger charge is 2.23. The van der Waals surface area contributed by atoms with Crippen molar-refractivity contribution in [3.8, 4) is 0 Å². The number of hydrogen-bond donors (Lipinski definition) is 1. The Morgan fingerprint density at radius 1 is 1.24 bits per heavy atom. The highest BCUT2D eigenvalue weighted by atomic mass is 16.5. The second-order valence-electron chi connectivity index (χ2n) is 5.75. The van der Waals surface area contributed by atoms with Crippen LogP contribution in [0.25, 0.3) is 0 Å². The highest BCUT2D eigenvalue weighted by Crippen LogP contribution is 2.33. The lowest BCUT2D eigenvalue weighted by atomic mass is 9.83. The fraction of sp³-hybridized carbons (Fsp3) is 0.588. The predicted molar refractivity (Wildman–Crippen MR) is 82.4 cm³/mol. The van der Waals surface area contributed by atoms with Crippen LogP contribution in [0.15, 0.2) is 30.3 Å². The monoisotopic (exact) mass is 291 g/mol. The number of rotatable bonds is 5. The number of carbonyl (C=O) groups excluding carboxylic acids is 1. The van der Waals surface area contributed by atoms with Crippen LogP contribution in [0, 0.1) is 0 Å². The number of nitrogens with one attached hydrogen (secondary N) is 1. The van der Waals surface area contributed by atoms with Crippen LogP contribution < -0.4 is 5.32 Å². The van der Waals surface area contributed by atoms with Crippen LogP contribution >= 0.6 is 0 Å². The first-order chi connectivity index (χ1) is 10.2. The fourth-order valence-electron chi connectivity index (χ4n) is 2.87. The van der Waals surface area contributed by atoms with E-state index in [1.807, 2.05) is 6.92 Å². The van der Waals surface area contributed by atoms with E-state index in [1.54, 1.807) is 0 Å². The Morgan fingerprint density at radius 2 is 1.90 bits per heavy atom. The van der Waals surface area contributed by atoms with Crippen LogP contribution in [0.2, 0.25) is 0 Å². The van der Waals surface area contributed by atoms with Gasteiger partial charge in [-0.15, -0.1) is 0 Å². The van der Waals surface area contributed by atoms with Gasteiger partial charge in [-0.3, -0.25) is 0 Å². The summed E-state index contributed by atoms with van der Waals surface area (Å²) in [6.45, 7) is 2.46. The quantitative estimate of drug-likeness (QED) is 0.903. The van der Waals surface area contributed by atoms with E-state index in [0.717, 1.165) is 12.8 Å². The molecule has 1 atom stereocenters. The van der Waals surface area contributed by atoms with Gasteiger partial charge >= 0.3 is 6.09 Å². The molecule has 1 aliphatic rings. The molecule has 0 spiro atoms. The van der Waals surface area contributed by atoms with E-state index in [-0.39, 0.29) is 6.04 Å². The van der Waals surface area contributed by atoms with E-state index in [9.17, 15) is 4.79 Å². The molecule has 4 heteroatoms. The molecule has 1 N–H and O–H groups in total. The third kappa shape index (κ3) is 5.05. The maximum Gasteiger partial charge on any atom is 0.407 e. The molecule has 0 bridgehead atoms. The molecule has 1 amide bonds. The second kappa shape index (κ2) is 8.03. The Bertz CT molecular complexity index is 427. The average molecular weight is 291 g/mol. The van der Waals surface area contributed by atoms with Crippen LogP contribution in [0.3, 0.4) is 0 Å². The van der Waals surface area contributed by atoms with Crippen LogP contribution in [-0.4, -0.2) is 32.0 Å². The number of hydrogen-bond acceptors (Lipinski definition) is 3. The number of benzene rings is 1. The molecule has 0 saturated heterocycles. The maximum atomic E-state index is 11.1. The molecule has 0 aliphatic heterocycles. The van der Waals surface area contributed by atoms with Gasteiger partial charge in [-0.05, 0) is 44.1 Å². The minimum Gasteiger partial charge on any atom is -0.453 e. The third-order valence-electron chi connectivity index (χ3n) is 4.08. The van der Waals surface area contributed by atoms with Gasteiger partial charge in [0.1, 0.15) is 0 Å². The lowest BCUT2D eigenvalue weighted by Gasteiger charge is -2.29. The zero-order chi connectivity index (χ0) is 15.1. The second-order valence-corrected chi connectivity index (χ2v) is 5.75. The van der Waals surface area contributed by atoms with Crippen molar-refractivity contribution < 1.29 is 14.3 Å². The molecule has 1 aromatic rings. The zero-order valence-corrected chi connectivity index (χ0v) is 12.9. The molecule has 0 aromatic heterocycles. The van der Waals surface area contributed by atoms with Crippen LogP contribution in [-0.2, 0) is 9.47 Å². The lowest BCUT2D eigenvalue weighted by Crippen LogP contribution is -2.37. The van der Waals surface area contributed by atoms with E-state index in [4.69, 9.17) is 4.74 Å². The molecular weight excluding hydrogens is 266 g/mol. The fourth-order valence-corrected chi connectivity index (χ4v) is 2.87. The molecule has 21 heavy (non-hydrogen) atoms. The van der Waals surface area contributed by atoms with Gasteiger partial charge in [0.15, 0.2) is 0 Å². The molecule has 1 saturated carbocycles. The lowest BCUT2D eigenvalue weighted by molar-refractivity contribution is 0.0148. The summed E-state index contributed by atoms with van der Waals surface area (Å²) in [5, 5.41) is 2.72. The topological polar surface area (TPSA) is 47.6 Å². The summed E-state index contributed by atoms with van der Waals surface area (Å²) in [6.07, 6.45) is 4.43. The summed E-state index contributed by atoms with van der Waals surface area (Å²) in [5.41, 5.74) is 1.44. The molecule has 2 rings (SSSR count). The van der Waals surface area contributed by atoms with E-state index in [0.29, 0.717) is 18.6 Å². The summed E-state index contributed by atoms with van der Waals surface area (Å²) in [6, 6.07) is 10.7. The smallest absolute Gasteiger partial charge is 0.407 e. The van der Waals surface area contributed by atoms with Crippen LogP contribution in [0.5, 0.6) is 0 Å². The van der Waals surface area contributed by atoms with Gasteiger partial charge < -0.3 is 14.8 Å². The van der Waals surface area contributed by atoms with E-state index in [1.165, 1.54) is 25.5 Å². The zero-order valence-electron chi connectivity index (χ0n) is 12.9. The van der Waals surface area contributed by atoms with Crippen molar-refractivity contribution in [3.05, 3.63) is 35.9 Å². The van der Waals surface area contributed by atoms with Gasteiger partial charge in [0, 0.05) is 0 Å². The van der Waals surface area contributed by atoms with Crippen molar-refractivity contribution in [3.63, 3.8) is 0 Å². The molecule has 0 radical (unpaired) electrons. The minimum atomic E-state index is -0.404. The van der Waals surface area contributed by atoms with Crippen LogP contribution in [0.1, 0.15) is 44.1 Å². The Kier molecular flexibility index (Phi) is 6.05. The molecule has 4 nitrogen and oxygen atoms in total. The number of carbonyl (C=O) groups is 1. The average Bonchev–Trinajstić information content (AvgIpc) is 2.54.